The Kier molecular flexibility index (Phi) is 5.16. The standard InChI is InChI=1S/C16H14Cl2O4/c1-16(2,12-5-9-14(21-17)10-6-12)11-3-7-13(8-4-11)20-15(19)22-18/h3-10H,1-2H3. The van der Waals surface area contributed by atoms with Crippen LogP contribution in [-0.4, -0.2) is 6.16 Å². The molecule has 2 rings (SSSR count). The minimum atomic E-state index is -0.967. The first-order valence-electron chi connectivity index (χ1n) is 6.47. The minimum Gasteiger partial charge on any atom is -0.394 e. The third kappa shape index (κ3) is 3.64. The number of ether oxygens (including phenoxy) is 1. The van der Waals surface area contributed by atoms with Crippen LogP contribution in [0.2, 0.25) is 0 Å². The zero-order chi connectivity index (χ0) is 16.2. The summed E-state index contributed by atoms with van der Waals surface area (Å²) in [5, 5.41) is 0. The van der Waals surface area contributed by atoms with E-state index in [0.717, 1.165) is 11.1 Å². The van der Waals surface area contributed by atoms with Crippen molar-refractivity contribution in [3.8, 4) is 11.5 Å². The van der Waals surface area contributed by atoms with E-state index in [4.69, 9.17) is 28.5 Å². The maximum absolute atomic E-state index is 10.9. The molecule has 0 saturated carbocycles. The van der Waals surface area contributed by atoms with Gasteiger partial charge in [0.2, 0.25) is 0 Å². The first-order valence-corrected chi connectivity index (χ1v) is 7.09. The van der Waals surface area contributed by atoms with Crippen molar-refractivity contribution in [1.29, 1.82) is 0 Å². The van der Waals surface area contributed by atoms with Crippen molar-refractivity contribution in [2.45, 2.75) is 19.3 Å². The van der Waals surface area contributed by atoms with Gasteiger partial charge in [0.25, 0.3) is 0 Å². The number of carbonyl (C=O) groups excluding carboxylic acids is 1. The fraction of sp³-hybridized carbons (Fsp3) is 0.188. The molecule has 0 spiro atoms. The van der Waals surface area contributed by atoms with Crippen molar-refractivity contribution >= 4 is 29.9 Å². The Morgan fingerprint density at radius 2 is 1.32 bits per heavy atom. The van der Waals surface area contributed by atoms with Gasteiger partial charge < -0.3 is 13.3 Å². The van der Waals surface area contributed by atoms with Crippen molar-refractivity contribution < 1.29 is 18.1 Å². The summed E-state index contributed by atoms with van der Waals surface area (Å²) in [5.41, 5.74) is 1.91. The van der Waals surface area contributed by atoms with Crippen molar-refractivity contribution in [3.63, 3.8) is 0 Å². The van der Waals surface area contributed by atoms with Crippen LogP contribution in [0.1, 0.15) is 25.0 Å². The first-order chi connectivity index (χ1) is 10.5. The molecule has 2 aromatic rings. The molecule has 0 aliphatic rings. The Labute approximate surface area is 138 Å². The number of carbonyl (C=O) groups is 1. The van der Waals surface area contributed by atoms with Crippen LogP contribution >= 0.6 is 23.7 Å². The first kappa shape index (κ1) is 16.5. The van der Waals surface area contributed by atoms with Gasteiger partial charge in [-0.25, -0.2) is 4.79 Å². The Bertz CT molecular complexity index is 636. The maximum Gasteiger partial charge on any atom is 0.532 e. The van der Waals surface area contributed by atoms with Crippen LogP contribution in [0.25, 0.3) is 0 Å². The number of benzene rings is 2. The smallest absolute Gasteiger partial charge is 0.394 e. The molecule has 116 valence electrons. The van der Waals surface area contributed by atoms with Crippen LogP contribution in [0.4, 0.5) is 4.79 Å². The third-order valence-corrected chi connectivity index (χ3v) is 3.81. The summed E-state index contributed by atoms with van der Waals surface area (Å²) < 4.78 is 13.4. The van der Waals surface area contributed by atoms with Gasteiger partial charge in [-0.05, 0) is 35.4 Å². The quantitative estimate of drug-likeness (QED) is 0.565. The van der Waals surface area contributed by atoms with Crippen LogP contribution in [0.3, 0.4) is 0 Å². The van der Waals surface area contributed by atoms with E-state index in [1.165, 1.54) is 0 Å². The van der Waals surface area contributed by atoms with Gasteiger partial charge in [-0.3, -0.25) is 0 Å². The van der Waals surface area contributed by atoms with E-state index in [2.05, 4.69) is 22.4 Å². The number of hydrogen-bond donors (Lipinski definition) is 0. The molecule has 0 N–H and O–H groups in total. The van der Waals surface area contributed by atoms with E-state index in [-0.39, 0.29) is 5.41 Å². The Balaban J connectivity index is 2.22. The Hall–Kier alpha value is -1.91. The zero-order valence-electron chi connectivity index (χ0n) is 12.0. The normalized spacial score (nSPS) is 10.9. The molecule has 0 radical (unpaired) electrons. The summed E-state index contributed by atoms with van der Waals surface area (Å²) in [4.78, 5) is 10.9. The van der Waals surface area contributed by atoms with Crippen LogP contribution in [0.5, 0.6) is 11.5 Å². The lowest BCUT2D eigenvalue weighted by Crippen LogP contribution is -2.18. The minimum absolute atomic E-state index is 0.240. The van der Waals surface area contributed by atoms with E-state index in [1.54, 1.807) is 24.3 Å². The average molecular weight is 341 g/mol. The number of halogens is 2. The second kappa shape index (κ2) is 6.90. The topological polar surface area (TPSA) is 44.8 Å². The fourth-order valence-electron chi connectivity index (χ4n) is 2.14. The van der Waals surface area contributed by atoms with Gasteiger partial charge in [0, 0.05) is 5.41 Å². The molecule has 0 atom stereocenters. The van der Waals surface area contributed by atoms with Crippen molar-refractivity contribution in [1.82, 2.24) is 0 Å². The zero-order valence-corrected chi connectivity index (χ0v) is 13.5. The largest absolute Gasteiger partial charge is 0.532 e. The van der Waals surface area contributed by atoms with E-state index >= 15 is 0 Å². The molecule has 0 heterocycles. The van der Waals surface area contributed by atoms with E-state index in [0.29, 0.717) is 11.5 Å². The molecule has 0 fully saturated rings. The Morgan fingerprint density at radius 1 is 0.864 bits per heavy atom. The maximum atomic E-state index is 10.9. The molecule has 4 nitrogen and oxygen atoms in total. The summed E-state index contributed by atoms with van der Waals surface area (Å²) in [6, 6.07) is 14.6. The highest BCUT2D eigenvalue weighted by molar-refractivity contribution is 6.12. The van der Waals surface area contributed by atoms with Crippen LogP contribution in [-0.2, 0) is 9.70 Å². The van der Waals surface area contributed by atoms with E-state index in [1.807, 2.05) is 24.3 Å². The summed E-state index contributed by atoms with van der Waals surface area (Å²) in [7, 11) is 0. The highest BCUT2D eigenvalue weighted by Crippen LogP contribution is 2.33. The second-order valence-electron chi connectivity index (χ2n) is 5.18. The lowest BCUT2D eigenvalue weighted by Gasteiger charge is -2.26. The van der Waals surface area contributed by atoms with Gasteiger partial charge in [-0.15, -0.1) is 0 Å². The highest BCUT2D eigenvalue weighted by Gasteiger charge is 2.23. The summed E-state index contributed by atoms with van der Waals surface area (Å²) in [6.45, 7) is 4.18. The molecule has 6 heteroatoms. The molecule has 0 unspecified atom stereocenters. The van der Waals surface area contributed by atoms with E-state index in [9.17, 15) is 4.79 Å². The predicted octanol–water partition coefficient (Wildman–Crippen LogP) is 5.21. The van der Waals surface area contributed by atoms with Crippen molar-refractivity contribution in [3.05, 3.63) is 59.7 Å². The van der Waals surface area contributed by atoms with Crippen LogP contribution in [0.15, 0.2) is 48.5 Å². The van der Waals surface area contributed by atoms with Gasteiger partial charge in [0.1, 0.15) is 35.2 Å². The SMILES string of the molecule is CC(C)(c1ccc(OCl)cc1)c1ccc(OC(=O)OCl)cc1. The molecule has 2 aromatic carbocycles. The molecular weight excluding hydrogens is 327 g/mol. The predicted molar refractivity (Wildman–Crippen MR) is 84.5 cm³/mol. The summed E-state index contributed by atoms with van der Waals surface area (Å²) in [6.07, 6.45) is -0.967. The molecule has 0 aliphatic heterocycles. The van der Waals surface area contributed by atoms with Crippen molar-refractivity contribution in [2.24, 2.45) is 0 Å². The molecule has 0 saturated heterocycles. The van der Waals surface area contributed by atoms with Gasteiger partial charge in [-0.2, -0.15) is 0 Å². The molecule has 0 bridgehead atoms. The monoisotopic (exact) mass is 340 g/mol. The third-order valence-electron chi connectivity index (χ3n) is 3.51. The highest BCUT2D eigenvalue weighted by atomic mass is 35.5. The number of rotatable bonds is 4. The van der Waals surface area contributed by atoms with E-state index < -0.39 is 6.16 Å². The molecule has 22 heavy (non-hydrogen) atoms. The average Bonchev–Trinajstić information content (AvgIpc) is 2.55. The molecule has 0 amide bonds. The summed E-state index contributed by atoms with van der Waals surface area (Å²) >= 11 is 10.2. The molecular formula is C16H14Cl2O4. The van der Waals surface area contributed by atoms with Crippen molar-refractivity contribution in [2.75, 3.05) is 0 Å². The van der Waals surface area contributed by atoms with Gasteiger partial charge >= 0.3 is 6.16 Å². The Morgan fingerprint density at radius 3 is 1.73 bits per heavy atom. The van der Waals surface area contributed by atoms with Gasteiger partial charge in [-0.1, -0.05) is 38.1 Å². The van der Waals surface area contributed by atoms with Crippen LogP contribution < -0.4 is 9.03 Å². The lowest BCUT2D eigenvalue weighted by molar-refractivity contribution is 0.156. The fourth-order valence-corrected chi connectivity index (χ4v) is 2.28. The van der Waals surface area contributed by atoms with Gasteiger partial charge in [0.15, 0.2) is 0 Å². The summed E-state index contributed by atoms with van der Waals surface area (Å²) in [5.74, 6) is 0.945. The number of hydrogen-bond acceptors (Lipinski definition) is 4. The second-order valence-corrected chi connectivity index (χ2v) is 5.49. The molecule has 0 aromatic heterocycles. The molecule has 0 aliphatic carbocycles. The van der Waals surface area contributed by atoms with Crippen LogP contribution in [0, 0.1) is 0 Å². The van der Waals surface area contributed by atoms with Gasteiger partial charge in [0.05, 0.1) is 0 Å². The lowest BCUT2D eigenvalue weighted by atomic mass is 9.78.